The summed E-state index contributed by atoms with van der Waals surface area (Å²) in [4.78, 5) is 13.2. The highest BCUT2D eigenvalue weighted by atomic mass is 16.6. The van der Waals surface area contributed by atoms with Crippen molar-refractivity contribution in [2.75, 3.05) is 13.2 Å². The predicted octanol–water partition coefficient (Wildman–Crippen LogP) is 17.2. The van der Waals surface area contributed by atoms with E-state index in [1.54, 1.807) is 0 Å². The fourth-order valence-corrected chi connectivity index (χ4v) is 15.6. The molecule has 0 saturated heterocycles. The summed E-state index contributed by atoms with van der Waals surface area (Å²) >= 11 is 0. The van der Waals surface area contributed by atoms with Crippen molar-refractivity contribution in [1.82, 2.24) is 0 Å². The van der Waals surface area contributed by atoms with E-state index >= 15 is 0 Å². The molecule has 5 aliphatic carbocycles. The molecule has 5 fully saturated rings. The number of fused-ring (bicyclic) bond motifs is 7. The number of allylic oxidation sites excluding steroid dienone is 1. The zero-order valence-electron chi connectivity index (χ0n) is 40.9. The van der Waals surface area contributed by atoms with Crippen LogP contribution < -0.4 is 0 Å². The van der Waals surface area contributed by atoms with Crippen molar-refractivity contribution in [3.8, 4) is 0 Å². The van der Waals surface area contributed by atoms with Crippen LogP contribution in [0.1, 0.15) is 261 Å². The topological polar surface area (TPSA) is 35.5 Å². The van der Waals surface area contributed by atoms with Crippen LogP contribution in [-0.2, 0) is 14.3 Å². The summed E-state index contributed by atoms with van der Waals surface area (Å²) in [7, 11) is 0. The number of rotatable bonds is 27. The molecule has 5 saturated carbocycles. The van der Waals surface area contributed by atoms with E-state index in [4.69, 9.17) is 9.47 Å². The normalized spacial score (nSPS) is 36.0. The Balaban J connectivity index is 0.902. The first kappa shape index (κ1) is 49.2. The van der Waals surface area contributed by atoms with E-state index in [1.165, 1.54) is 198 Å². The van der Waals surface area contributed by atoms with E-state index in [1.807, 2.05) is 0 Å². The lowest BCUT2D eigenvalue weighted by atomic mass is 9.31. The SMILES string of the molecule is C=C(C)[C@@H]1CC[C@]2(C)CC[C@]3(C)C(CC[C@@]4(C)C5CC[C@H](OC(=O)COCCCCCCCCCCCCCCCCCCCCCCCC)C(C)(C)C5CC[C@]43C)C12. The van der Waals surface area contributed by atoms with Gasteiger partial charge in [-0.1, -0.05) is 195 Å². The minimum Gasteiger partial charge on any atom is -0.460 e. The fourth-order valence-electron chi connectivity index (χ4n) is 15.6. The molecule has 342 valence electrons. The maximum absolute atomic E-state index is 13.2. The fraction of sp³-hybridized carbons (Fsp3) is 0.946. The number of ether oxygens (including phenoxy) is 2. The van der Waals surface area contributed by atoms with Gasteiger partial charge in [-0.2, -0.15) is 0 Å². The zero-order chi connectivity index (χ0) is 42.6. The first-order valence-electron chi connectivity index (χ1n) is 26.7. The van der Waals surface area contributed by atoms with Crippen LogP contribution in [0, 0.1) is 56.7 Å². The first-order chi connectivity index (χ1) is 28.2. The lowest BCUT2D eigenvalue weighted by Crippen LogP contribution is -2.67. The van der Waals surface area contributed by atoms with Gasteiger partial charge in [0.1, 0.15) is 12.7 Å². The van der Waals surface area contributed by atoms with Crippen molar-refractivity contribution in [2.24, 2.45) is 56.7 Å². The van der Waals surface area contributed by atoms with Crippen molar-refractivity contribution in [1.29, 1.82) is 0 Å². The number of carbonyl (C=O) groups excluding carboxylic acids is 1. The van der Waals surface area contributed by atoms with Gasteiger partial charge in [0.15, 0.2) is 0 Å². The van der Waals surface area contributed by atoms with Gasteiger partial charge in [-0.15, -0.1) is 0 Å². The highest BCUT2D eigenvalue weighted by Crippen LogP contribution is 2.78. The molecule has 5 aliphatic rings. The number of hydrogen-bond donors (Lipinski definition) is 0. The Kier molecular flexibility index (Phi) is 18.9. The molecule has 0 aliphatic heterocycles. The quantitative estimate of drug-likeness (QED) is 0.0470. The Morgan fingerprint density at radius 2 is 1.03 bits per heavy atom. The van der Waals surface area contributed by atoms with Crippen LogP contribution >= 0.6 is 0 Å². The van der Waals surface area contributed by atoms with Gasteiger partial charge in [0.25, 0.3) is 0 Å². The molecule has 0 aromatic heterocycles. The molecule has 0 radical (unpaired) electrons. The van der Waals surface area contributed by atoms with Crippen molar-refractivity contribution in [3.63, 3.8) is 0 Å². The summed E-state index contributed by atoms with van der Waals surface area (Å²) < 4.78 is 12.2. The van der Waals surface area contributed by atoms with Gasteiger partial charge in [-0.05, 0) is 129 Å². The lowest BCUT2D eigenvalue weighted by molar-refractivity contribution is -0.259. The largest absolute Gasteiger partial charge is 0.460 e. The highest BCUT2D eigenvalue weighted by Gasteiger charge is 2.71. The summed E-state index contributed by atoms with van der Waals surface area (Å²) in [5.41, 5.74) is 3.04. The van der Waals surface area contributed by atoms with Crippen molar-refractivity contribution in [2.45, 2.75) is 267 Å². The first-order valence-corrected chi connectivity index (χ1v) is 26.7. The molecule has 5 rings (SSSR count). The molecule has 3 heteroatoms. The number of hydrogen-bond acceptors (Lipinski definition) is 3. The van der Waals surface area contributed by atoms with Gasteiger partial charge in [0.05, 0.1) is 0 Å². The van der Waals surface area contributed by atoms with Crippen LogP contribution in [-0.4, -0.2) is 25.3 Å². The van der Waals surface area contributed by atoms with E-state index in [0.29, 0.717) is 40.1 Å². The third-order valence-corrected chi connectivity index (χ3v) is 19.8. The molecule has 0 heterocycles. The Bertz CT molecular complexity index is 1270. The van der Waals surface area contributed by atoms with E-state index in [9.17, 15) is 4.79 Å². The smallest absolute Gasteiger partial charge is 0.332 e. The van der Waals surface area contributed by atoms with Gasteiger partial charge in [-0.25, -0.2) is 4.79 Å². The Labute approximate surface area is 367 Å². The van der Waals surface area contributed by atoms with Crippen LogP contribution in [0.2, 0.25) is 0 Å². The molecular weight excluding hydrogens is 721 g/mol. The maximum atomic E-state index is 13.2. The second-order valence-electron chi connectivity index (χ2n) is 23.6. The van der Waals surface area contributed by atoms with Crippen LogP contribution in [0.15, 0.2) is 12.2 Å². The lowest BCUT2D eigenvalue weighted by Gasteiger charge is -2.74. The Morgan fingerprint density at radius 3 is 1.56 bits per heavy atom. The van der Waals surface area contributed by atoms with E-state index < -0.39 is 0 Å². The van der Waals surface area contributed by atoms with Crippen LogP contribution in [0.4, 0.5) is 0 Å². The molecule has 4 unspecified atom stereocenters. The van der Waals surface area contributed by atoms with Crippen LogP contribution in [0.5, 0.6) is 0 Å². The molecule has 0 spiro atoms. The van der Waals surface area contributed by atoms with Gasteiger partial charge in [-0.3, -0.25) is 0 Å². The number of unbranched alkanes of at least 4 members (excludes halogenated alkanes) is 21. The maximum Gasteiger partial charge on any atom is 0.332 e. The van der Waals surface area contributed by atoms with Crippen LogP contribution in [0.25, 0.3) is 0 Å². The Hall–Kier alpha value is -0.830. The molecule has 0 aromatic rings. The monoisotopic (exact) mass is 821 g/mol. The average Bonchev–Trinajstić information content (AvgIpc) is 3.56. The number of esters is 1. The van der Waals surface area contributed by atoms with Gasteiger partial charge in [0, 0.05) is 12.0 Å². The molecule has 10 atom stereocenters. The summed E-state index contributed by atoms with van der Waals surface area (Å²) in [6.07, 6.45) is 43.9. The second kappa shape index (κ2) is 22.7. The molecule has 0 N–H and O–H groups in total. The minimum absolute atomic E-state index is 0.000644. The van der Waals surface area contributed by atoms with Crippen molar-refractivity contribution < 1.29 is 14.3 Å². The second-order valence-corrected chi connectivity index (χ2v) is 23.6. The van der Waals surface area contributed by atoms with E-state index in [0.717, 1.165) is 30.6 Å². The molecule has 0 aromatic carbocycles. The van der Waals surface area contributed by atoms with E-state index in [-0.39, 0.29) is 24.1 Å². The number of carbonyl (C=O) groups is 1. The van der Waals surface area contributed by atoms with Gasteiger partial charge in [0.2, 0.25) is 0 Å². The standard InChI is InChI=1S/C56H100O3/c1-10-11-12-13-14-15-16-17-18-19-20-21-22-23-24-25-26-27-28-29-30-31-42-58-43-50(57)59-49-33-32-47-46(52(49,4)5)36-39-56(9)54(47,7)38-35-48-51-45(44(2)3)34-37-53(51,6)40-41-55(48,56)8/h45-49,51H,2,10-43H2,1,3-9H3/t45-,46?,47?,48?,49-,51?,53+,54-,55+,56+/m0/s1. The predicted molar refractivity (Wildman–Crippen MR) is 253 cm³/mol. The minimum atomic E-state index is -0.144. The third kappa shape index (κ3) is 11.5. The molecule has 59 heavy (non-hydrogen) atoms. The zero-order valence-corrected chi connectivity index (χ0v) is 40.9. The van der Waals surface area contributed by atoms with Crippen LogP contribution in [0.3, 0.4) is 0 Å². The van der Waals surface area contributed by atoms with Gasteiger partial charge < -0.3 is 9.47 Å². The molecular formula is C56H100O3. The van der Waals surface area contributed by atoms with Crippen molar-refractivity contribution in [3.05, 3.63) is 12.2 Å². The highest BCUT2D eigenvalue weighted by molar-refractivity contribution is 5.71. The van der Waals surface area contributed by atoms with E-state index in [2.05, 4.69) is 62.0 Å². The Morgan fingerprint density at radius 1 is 0.542 bits per heavy atom. The third-order valence-electron chi connectivity index (χ3n) is 19.8. The van der Waals surface area contributed by atoms with Gasteiger partial charge >= 0.3 is 5.97 Å². The molecule has 3 nitrogen and oxygen atoms in total. The van der Waals surface area contributed by atoms with Crippen molar-refractivity contribution >= 4 is 5.97 Å². The summed E-state index contributed by atoms with van der Waals surface area (Å²) in [5, 5.41) is 0. The summed E-state index contributed by atoms with van der Waals surface area (Å²) in [6.45, 7) is 25.7. The molecule has 0 bridgehead atoms. The average molecular weight is 821 g/mol. The summed E-state index contributed by atoms with van der Waals surface area (Å²) in [6, 6.07) is 0. The summed E-state index contributed by atoms with van der Waals surface area (Å²) in [5.74, 6) is 3.53. The molecule has 0 amide bonds.